The zero-order valence-electron chi connectivity index (χ0n) is 14.3. The summed E-state index contributed by atoms with van der Waals surface area (Å²) >= 11 is 0. The van der Waals surface area contributed by atoms with Crippen molar-refractivity contribution < 1.29 is 4.39 Å². The lowest BCUT2D eigenvalue weighted by molar-refractivity contribution is 0.142. The van der Waals surface area contributed by atoms with Crippen molar-refractivity contribution in [1.82, 2.24) is 15.1 Å². The second kappa shape index (κ2) is 8.38. The minimum atomic E-state index is -0.176. The second-order valence-electron chi connectivity index (χ2n) is 6.58. The summed E-state index contributed by atoms with van der Waals surface area (Å²) in [4.78, 5) is 4.88. The first-order chi connectivity index (χ1) is 11.7. The number of nitrogens with zero attached hydrogens (tertiary/aromatic N) is 2. The van der Waals surface area contributed by atoms with Gasteiger partial charge in [-0.2, -0.15) is 0 Å². The van der Waals surface area contributed by atoms with Crippen LogP contribution in [-0.4, -0.2) is 49.6 Å². The van der Waals surface area contributed by atoms with Gasteiger partial charge in [-0.3, -0.25) is 4.90 Å². The summed E-state index contributed by atoms with van der Waals surface area (Å²) in [5.41, 5.74) is 2.27. The van der Waals surface area contributed by atoms with Gasteiger partial charge in [-0.1, -0.05) is 42.5 Å². The standard InChI is InChI=1S/C20H26FN3/c1-23-10-12-24(13-11-23)16-20(18-7-3-2-4-8-18)22-15-17-6-5-9-19(21)14-17/h2-9,14,20,22H,10-13,15-16H2,1H3. The molecule has 3 nitrogen and oxygen atoms in total. The molecule has 2 aromatic carbocycles. The number of piperazine rings is 1. The molecule has 1 aliphatic heterocycles. The maximum Gasteiger partial charge on any atom is 0.123 e. The van der Waals surface area contributed by atoms with E-state index in [4.69, 9.17) is 0 Å². The molecule has 1 fully saturated rings. The van der Waals surface area contributed by atoms with Crippen molar-refractivity contribution in [1.29, 1.82) is 0 Å². The molecular formula is C20H26FN3. The maximum absolute atomic E-state index is 13.4. The zero-order valence-corrected chi connectivity index (χ0v) is 14.3. The molecule has 128 valence electrons. The number of hydrogen-bond donors (Lipinski definition) is 1. The van der Waals surface area contributed by atoms with E-state index in [9.17, 15) is 4.39 Å². The fraction of sp³-hybridized carbons (Fsp3) is 0.400. The number of likely N-dealkylation sites (N-methyl/N-ethyl adjacent to an activating group) is 1. The van der Waals surface area contributed by atoms with Crippen LogP contribution < -0.4 is 5.32 Å². The van der Waals surface area contributed by atoms with Crippen molar-refractivity contribution in [2.24, 2.45) is 0 Å². The van der Waals surface area contributed by atoms with Gasteiger partial charge >= 0.3 is 0 Å². The summed E-state index contributed by atoms with van der Waals surface area (Å²) in [5.74, 6) is -0.176. The van der Waals surface area contributed by atoms with Crippen LogP contribution in [0.4, 0.5) is 4.39 Å². The third-order valence-corrected chi connectivity index (χ3v) is 4.68. The average Bonchev–Trinajstić information content (AvgIpc) is 2.61. The lowest BCUT2D eigenvalue weighted by atomic mass is 10.1. The second-order valence-corrected chi connectivity index (χ2v) is 6.58. The van der Waals surface area contributed by atoms with Gasteiger partial charge in [0.15, 0.2) is 0 Å². The molecule has 1 heterocycles. The predicted octanol–water partition coefficient (Wildman–Crippen LogP) is 2.90. The Morgan fingerprint density at radius 1 is 1.00 bits per heavy atom. The molecular weight excluding hydrogens is 301 g/mol. The quantitative estimate of drug-likeness (QED) is 0.880. The van der Waals surface area contributed by atoms with Crippen LogP contribution in [0.3, 0.4) is 0 Å². The monoisotopic (exact) mass is 327 g/mol. The molecule has 0 saturated carbocycles. The van der Waals surface area contributed by atoms with Gasteiger partial charge in [-0.15, -0.1) is 0 Å². The molecule has 1 atom stereocenters. The van der Waals surface area contributed by atoms with E-state index in [1.165, 1.54) is 11.6 Å². The van der Waals surface area contributed by atoms with Gasteiger partial charge in [-0.05, 0) is 30.3 Å². The van der Waals surface area contributed by atoms with E-state index in [0.717, 1.165) is 38.3 Å². The summed E-state index contributed by atoms with van der Waals surface area (Å²) in [6.45, 7) is 6.08. The summed E-state index contributed by atoms with van der Waals surface area (Å²) in [6, 6.07) is 17.6. The normalized spacial score (nSPS) is 17.8. The zero-order chi connectivity index (χ0) is 16.8. The van der Waals surface area contributed by atoms with E-state index in [2.05, 4.69) is 46.4 Å². The highest BCUT2D eigenvalue weighted by molar-refractivity contribution is 5.21. The Morgan fingerprint density at radius 3 is 2.46 bits per heavy atom. The minimum Gasteiger partial charge on any atom is -0.305 e. The fourth-order valence-corrected chi connectivity index (χ4v) is 3.15. The van der Waals surface area contributed by atoms with Crippen molar-refractivity contribution in [2.75, 3.05) is 39.8 Å². The fourth-order valence-electron chi connectivity index (χ4n) is 3.15. The molecule has 1 aliphatic rings. The molecule has 0 radical (unpaired) electrons. The van der Waals surface area contributed by atoms with E-state index in [1.807, 2.05) is 12.1 Å². The summed E-state index contributed by atoms with van der Waals surface area (Å²) in [7, 11) is 2.17. The van der Waals surface area contributed by atoms with Gasteiger partial charge in [0.05, 0.1) is 0 Å². The van der Waals surface area contributed by atoms with Crippen molar-refractivity contribution in [3.8, 4) is 0 Å². The van der Waals surface area contributed by atoms with Crippen LogP contribution in [0.15, 0.2) is 54.6 Å². The van der Waals surface area contributed by atoms with Crippen LogP contribution in [0, 0.1) is 5.82 Å². The summed E-state index contributed by atoms with van der Waals surface area (Å²) in [5, 5.41) is 3.62. The highest BCUT2D eigenvalue weighted by Crippen LogP contribution is 2.16. The van der Waals surface area contributed by atoms with Crippen LogP contribution in [0.25, 0.3) is 0 Å². The first-order valence-corrected chi connectivity index (χ1v) is 8.64. The molecule has 3 rings (SSSR count). The molecule has 0 amide bonds. The topological polar surface area (TPSA) is 18.5 Å². The van der Waals surface area contributed by atoms with Crippen LogP contribution in [-0.2, 0) is 6.54 Å². The highest BCUT2D eigenvalue weighted by Gasteiger charge is 2.19. The molecule has 0 aromatic heterocycles. The Bertz CT molecular complexity index is 624. The lowest BCUT2D eigenvalue weighted by Gasteiger charge is -2.35. The molecule has 1 saturated heterocycles. The Kier molecular flexibility index (Phi) is 5.96. The molecule has 0 spiro atoms. The van der Waals surface area contributed by atoms with Gasteiger partial charge in [-0.25, -0.2) is 4.39 Å². The van der Waals surface area contributed by atoms with Crippen LogP contribution in [0.1, 0.15) is 17.2 Å². The molecule has 0 aliphatic carbocycles. The molecule has 1 N–H and O–H groups in total. The Balaban J connectivity index is 1.66. The molecule has 24 heavy (non-hydrogen) atoms. The van der Waals surface area contributed by atoms with Crippen molar-refractivity contribution >= 4 is 0 Å². The van der Waals surface area contributed by atoms with Gasteiger partial charge < -0.3 is 10.2 Å². The lowest BCUT2D eigenvalue weighted by Crippen LogP contribution is -2.47. The molecule has 0 bridgehead atoms. The number of benzene rings is 2. The van der Waals surface area contributed by atoms with E-state index in [-0.39, 0.29) is 11.9 Å². The van der Waals surface area contributed by atoms with Gasteiger partial charge in [0.25, 0.3) is 0 Å². The van der Waals surface area contributed by atoms with E-state index in [1.54, 1.807) is 12.1 Å². The number of halogens is 1. The summed E-state index contributed by atoms with van der Waals surface area (Å²) < 4.78 is 13.4. The Labute approximate surface area is 144 Å². The Morgan fingerprint density at radius 2 is 1.75 bits per heavy atom. The first kappa shape index (κ1) is 17.1. The molecule has 2 aromatic rings. The van der Waals surface area contributed by atoms with Gasteiger partial charge in [0.2, 0.25) is 0 Å². The van der Waals surface area contributed by atoms with Gasteiger partial charge in [0.1, 0.15) is 5.82 Å². The number of rotatable bonds is 6. The van der Waals surface area contributed by atoms with Crippen molar-refractivity contribution in [3.05, 3.63) is 71.5 Å². The van der Waals surface area contributed by atoms with Crippen molar-refractivity contribution in [3.63, 3.8) is 0 Å². The number of hydrogen-bond acceptors (Lipinski definition) is 3. The van der Waals surface area contributed by atoms with E-state index < -0.39 is 0 Å². The van der Waals surface area contributed by atoms with E-state index in [0.29, 0.717) is 6.54 Å². The number of nitrogens with one attached hydrogen (secondary N) is 1. The largest absolute Gasteiger partial charge is 0.305 e. The summed E-state index contributed by atoms with van der Waals surface area (Å²) in [6.07, 6.45) is 0. The first-order valence-electron chi connectivity index (χ1n) is 8.64. The average molecular weight is 327 g/mol. The van der Waals surface area contributed by atoms with E-state index >= 15 is 0 Å². The molecule has 4 heteroatoms. The van der Waals surface area contributed by atoms with Crippen LogP contribution in [0.5, 0.6) is 0 Å². The van der Waals surface area contributed by atoms with Gasteiger partial charge in [0, 0.05) is 45.3 Å². The van der Waals surface area contributed by atoms with Crippen molar-refractivity contribution in [2.45, 2.75) is 12.6 Å². The van der Waals surface area contributed by atoms with Crippen LogP contribution >= 0.6 is 0 Å². The third-order valence-electron chi connectivity index (χ3n) is 4.68. The van der Waals surface area contributed by atoms with Crippen LogP contribution in [0.2, 0.25) is 0 Å². The minimum absolute atomic E-state index is 0.176. The SMILES string of the molecule is CN1CCN(CC(NCc2cccc(F)c2)c2ccccc2)CC1. The maximum atomic E-state index is 13.4. The third kappa shape index (κ3) is 4.87. The smallest absolute Gasteiger partial charge is 0.123 e. The molecule has 1 unspecified atom stereocenters. The predicted molar refractivity (Wildman–Crippen MR) is 96.4 cm³/mol. The Hall–Kier alpha value is -1.75. The highest BCUT2D eigenvalue weighted by atomic mass is 19.1.